The van der Waals surface area contributed by atoms with E-state index < -0.39 is 63.3 Å². The summed E-state index contributed by atoms with van der Waals surface area (Å²) in [5, 5.41) is 68.6. The van der Waals surface area contributed by atoms with Crippen molar-refractivity contribution in [2.75, 3.05) is 0 Å². The molecule has 0 heterocycles. The van der Waals surface area contributed by atoms with E-state index in [1.807, 2.05) is 0 Å². The Kier molecular flexibility index (Phi) is 19.2. The molecular formula is C27H53O12P. The van der Waals surface area contributed by atoms with Gasteiger partial charge >= 0.3 is 7.82 Å². The Morgan fingerprint density at radius 2 is 1.05 bits per heavy atom. The largest absolute Gasteiger partial charge is 0.475 e. The highest BCUT2D eigenvalue weighted by Crippen LogP contribution is 2.48. The summed E-state index contributed by atoms with van der Waals surface area (Å²) in [6.45, 7) is 2.23. The molecule has 1 aliphatic carbocycles. The van der Waals surface area contributed by atoms with Crippen LogP contribution in [0.15, 0.2) is 0 Å². The van der Waals surface area contributed by atoms with Crippen molar-refractivity contribution in [2.45, 2.75) is 165 Å². The molecule has 40 heavy (non-hydrogen) atoms. The van der Waals surface area contributed by atoms with Crippen LogP contribution in [0, 0.1) is 0 Å². The van der Waals surface area contributed by atoms with Crippen LogP contribution >= 0.6 is 7.82 Å². The summed E-state index contributed by atoms with van der Waals surface area (Å²) in [4.78, 5) is 22.0. The van der Waals surface area contributed by atoms with Crippen LogP contribution in [0.5, 0.6) is 0 Å². The summed E-state index contributed by atoms with van der Waals surface area (Å²) in [6.07, 6.45) is 1.20. The molecule has 0 aliphatic heterocycles. The summed E-state index contributed by atoms with van der Waals surface area (Å²) >= 11 is 0. The van der Waals surface area contributed by atoms with Gasteiger partial charge in [0.2, 0.25) is 0 Å². The van der Waals surface area contributed by atoms with Gasteiger partial charge in [-0.05, 0) is 6.42 Å². The summed E-state index contributed by atoms with van der Waals surface area (Å²) in [7, 11) is -5.26. The minimum Gasteiger partial charge on any atom is -0.387 e. The molecule has 1 aliphatic rings. The third kappa shape index (κ3) is 14.6. The molecule has 0 aromatic heterocycles. The second-order valence-electron chi connectivity index (χ2n) is 11.0. The standard InChI is InChI=1S/C27H53O12P/c1-2-3-4-5-6-7-8-9-10-11-12-13-14-15-16-17-19(28)18-20(29)27(35)39-40(36,37)38-26-24(33)22(31)21(30)23(32)25(26)34/h20-27,29-35H,2-18H2,1H3,(H,36,37). The lowest BCUT2D eigenvalue weighted by Crippen LogP contribution is -2.64. The highest BCUT2D eigenvalue weighted by Gasteiger charge is 2.51. The second kappa shape index (κ2) is 20.4. The average Bonchev–Trinajstić information content (AvgIpc) is 2.90. The number of phosphoric acid groups is 1. The van der Waals surface area contributed by atoms with Crippen molar-refractivity contribution < 1.29 is 59.0 Å². The number of carbonyl (C=O) groups excluding carboxylic acids is 1. The first kappa shape index (κ1) is 37.5. The van der Waals surface area contributed by atoms with Crippen molar-refractivity contribution in [1.82, 2.24) is 0 Å². The van der Waals surface area contributed by atoms with Gasteiger partial charge in [-0.3, -0.25) is 13.8 Å². The Morgan fingerprint density at radius 3 is 1.48 bits per heavy atom. The van der Waals surface area contributed by atoms with E-state index >= 15 is 0 Å². The fraction of sp³-hybridized carbons (Fsp3) is 0.963. The van der Waals surface area contributed by atoms with Gasteiger partial charge in [-0.1, -0.05) is 96.8 Å². The molecule has 13 heteroatoms. The molecule has 0 saturated heterocycles. The number of rotatable bonds is 23. The van der Waals surface area contributed by atoms with Crippen LogP contribution in [-0.4, -0.2) is 95.4 Å². The maximum absolute atomic E-state index is 12.2. The van der Waals surface area contributed by atoms with E-state index in [9.17, 15) is 50.0 Å². The molecule has 7 atom stereocenters. The molecule has 12 nitrogen and oxygen atoms in total. The highest BCUT2D eigenvalue weighted by molar-refractivity contribution is 7.47. The monoisotopic (exact) mass is 600 g/mol. The van der Waals surface area contributed by atoms with E-state index in [-0.39, 0.29) is 12.2 Å². The van der Waals surface area contributed by atoms with Crippen molar-refractivity contribution in [3.8, 4) is 0 Å². The van der Waals surface area contributed by atoms with Crippen LogP contribution in [0.2, 0.25) is 0 Å². The lowest BCUT2D eigenvalue weighted by molar-refractivity contribution is -0.222. The number of ketones is 1. The van der Waals surface area contributed by atoms with Crippen molar-refractivity contribution >= 4 is 13.6 Å². The number of aliphatic hydroxyl groups is 7. The first-order valence-electron chi connectivity index (χ1n) is 14.9. The predicted octanol–water partition coefficient (Wildman–Crippen LogP) is 2.21. The molecular weight excluding hydrogens is 547 g/mol. The van der Waals surface area contributed by atoms with Crippen molar-refractivity contribution in [1.29, 1.82) is 0 Å². The number of phosphoric ester groups is 1. The van der Waals surface area contributed by atoms with Crippen LogP contribution in [0.4, 0.5) is 0 Å². The summed E-state index contributed by atoms with van der Waals surface area (Å²) < 4.78 is 21.2. The number of aliphatic hydroxyl groups excluding tert-OH is 7. The lowest BCUT2D eigenvalue weighted by Gasteiger charge is -2.41. The van der Waals surface area contributed by atoms with Crippen LogP contribution in [0.25, 0.3) is 0 Å². The van der Waals surface area contributed by atoms with Crippen molar-refractivity contribution in [3.63, 3.8) is 0 Å². The van der Waals surface area contributed by atoms with Gasteiger partial charge in [0.05, 0.1) is 0 Å². The normalized spacial score (nSPS) is 28.2. The quantitative estimate of drug-likeness (QED) is 0.0481. The Labute approximate surface area is 238 Å². The SMILES string of the molecule is CCCCCCCCCCCCCCCCCC(=O)CC(O)C(O)OP(=O)(O)OC1C(O)C(O)C(O)C(O)C1O. The summed E-state index contributed by atoms with van der Waals surface area (Å²) in [5.74, 6) is -0.364. The number of hydrogen-bond donors (Lipinski definition) is 8. The van der Waals surface area contributed by atoms with Gasteiger partial charge in [0.15, 0.2) is 6.29 Å². The van der Waals surface area contributed by atoms with E-state index in [0.717, 1.165) is 19.3 Å². The van der Waals surface area contributed by atoms with Crippen molar-refractivity contribution in [2.24, 2.45) is 0 Å². The van der Waals surface area contributed by atoms with Crippen molar-refractivity contribution in [3.05, 3.63) is 0 Å². The molecule has 8 N–H and O–H groups in total. The molecule has 1 fully saturated rings. The van der Waals surface area contributed by atoms with Gasteiger partial charge < -0.3 is 40.6 Å². The van der Waals surface area contributed by atoms with Gasteiger partial charge in [-0.25, -0.2) is 4.57 Å². The molecule has 238 valence electrons. The maximum atomic E-state index is 12.2. The first-order chi connectivity index (χ1) is 18.9. The zero-order chi connectivity index (χ0) is 30.1. The minimum atomic E-state index is -5.26. The molecule has 0 radical (unpaired) electrons. The van der Waals surface area contributed by atoms with Crippen LogP contribution < -0.4 is 0 Å². The average molecular weight is 601 g/mol. The van der Waals surface area contributed by atoms with E-state index in [2.05, 4.69) is 16.0 Å². The zero-order valence-electron chi connectivity index (χ0n) is 23.8. The van der Waals surface area contributed by atoms with Crippen LogP contribution in [0.3, 0.4) is 0 Å². The number of carbonyl (C=O) groups is 1. The van der Waals surface area contributed by atoms with Crippen LogP contribution in [0.1, 0.15) is 116 Å². The Hall–Kier alpha value is -0.500. The molecule has 1 saturated carbocycles. The van der Waals surface area contributed by atoms with Gasteiger partial charge in [0.25, 0.3) is 0 Å². The number of unbranched alkanes of at least 4 members (excludes halogenated alkanes) is 14. The zero-order valence-corrected chi connectivity index (χ0v) is 24.7. The third-order valence-corrected chi connectivity index (χ3v) is 8.39. The van der Waals surface area contributed by atoms with E-state index in [0.29, 0.717) is 6.42 Å². The van der Waals surface area contributed by atoms with Gasteiger partial charge in [-0.2, -0.15) is 0 Å². The molecule has 0 aromatic rings. The second-order valence-corrected chi connectivity index (χ2v) is 12.4. The molecule has 0 spiro atoms. The Morgan fingerprint density at radius 1 is 0.675 bits per heavy atom. The Balaban J connectivity index is 2.16. The molecule has 1 rings (SSSR count). The fourth-order valence-corrected chi connectivity index (χ4v) is 5.86. The predicted molar refractivity (Wildman–Crippen MR) is 147 cm³/mol. The maximum Gasteiger partial charge on any atom is 0.475 e. The van der Waals surface area contributed by atoms with Crippen LogP contribution in [-0.2, 0) is 18.4 Å². The topological polar surface area (TPSA) is 214 Å². The van der Waals surface area contributed by atoms with E-state index in [1.165, 1.54) is 70.6 Å². The Bertz CT molecular complexity index is 710. The fourth-order valence-electron chi connectivity index (χ4n) is 4.84. The molecule has 0 amide bonds. The lowest BCUT2D eigenvalue weighted by atomic mass is 9.85. The smallest absolute Gasteiger partial charge is 0.387 e. The van der Waals surface area contributed by atoms with E-state index in [4.69, 9.17) is 0 Å². The van der Waals surface area contributed by atoms with Gasteiger partial charge in [0, 0.05) is 12.8 Å². The summed E-state index contributed by atoms with van der Waals surface area (Å²) in [6, 6.07) is 0. The molecule has 0 aromatic carbocycles. The molecule has 0 bridgehead atoms. The third-order valence-electron chi connectivity index (χ3n) is 7.39. The van der Waals surface area contributed by atoms with Gasteiger partial charge in [0.1, 0.15) is 48.5 Å². The van der Waals surface area contributed by atoms with Gasteiger partial charge in [-0.15, -0.1) is 0 Å². The highest BCUT2D eigenvalue weighted by atomic mass is 31.2. The summed E-state index contributed by atoms with van der Waals surface area (Å²) in [5.41, 5.74) is 0. The minimum absolute atomic E-state index is 0.174. The van der Waals surface area contributed by atoms with E-state index in [1.54, 1.807) is 0 Å². The number of hydrogen-bond acceptors (Lipinski definition) is 11. The first-order valence-corrected chi connectivity index (χ1v) is 16.4. The number of Topliss-reactive ketones (excluding diaryl/α,β-unsaturated/α-hetero) is 1. The molecule has 7 unspecified atom stereocenters.